The molecule has 0 rings (SSSR count). The number of nitriles is 2. The van der Waals surface area contributed by atoms with Crippen LogP contribution in [0.3, 0.4) is 0 Å². The molecule has 0 unspecified atom stereocenters. The third-order valence-electron chi connectivity index (χ3n) is 3.60. The monoisotopic (exact) mass is 274 g/mol. The molecule has 0 spiro atoms. The molecule has 0 saturated carbocycles. The van der Waals surface area contributed by atoms with Crippen LogP contribution < -0.4 is 0 Å². The Hall–Kier alpha value is -1.28. The maximum absolute atomic E-state index is 8.42. The predicted octanol–water partition coefficient (Wildman–Crippen LogP) is 6.05. The normalized spacial score (nSPS) is 10.5. The van der Waals surface area contributed by atoms with Gasteiger partial charge in [0.15, 0.2) is 0 Å². The number of allylic oxidation sites excluding steroid dienone is 2. The second-order valence-corrected chi connectivity index (χ2v) is 5.47. The van der Waals surface area contributed by atoms with Crippen molar-refractivity contribution in [3.8, 4) is 12.1 Å². The van der Waals surface area contributed by atoms with Crippen LogP contribution in [0.25, 0.3) is 0 Å². The van der Waals surface area contributed by atoms with Gasteiger partial charge in [-0.15, -0.1) is 0 Å². The second-order valence-electron chi connectivity index (χ2n) is 5.47. The lowest BCUT2D eigenvalue weighted by molar-refractivity contribution is 0.542. The fourth-order valence-corrected chi connectivity index (χ4v) is 2.37. The van der Waals surface area contributed by atoms with Crippen LogP contribution in [0.4, 0.5) is 0 Å². The van der Waals surface area contributed by atoms with E-state index < -0.39 is 0 Å². The van der Waals surface area contributed by atoms with Crippen LogP contribution in [-0.2, 0) is 0 Å². The van der Waals surface area contributed by atoms with Gasteiger partial charge in [0.05, 0.1) is 12.1 Å². The average molecular weight is 274 g/mol. The minimum atomic E-state index is 0.728. The number of hydrogen-bond acceptors (Lipinski definition) is 2. The predicted molar refractivity (Wildman–Crippen MR) is 85.0 cm³/mol. The van der Waals surface area contributed by atoms with Crippen LogP contribution in [0, 0.1) is 22.7 Å². The van der Waals surface area contributed by atoms with E-state index >= 15 is 0 Å². The molecule has 0 atom stereocenters. The van der Waals surface area contributed by atoms with Crippen molar-refractivity contribution < 1.29 is 0 Å². The SMILES string of the molecule is N#CC=CCCCCCCCCCCCCCCC#N. The summed E-state index contributed by atoms with van der Waals surface area (Å²) in [5, 5.41) is 16.7. The maximum Gasteiger partial charge on any atom is 0.0908 e. The van der Waals surface area contributed by atoms with Crippen LogP contribution in [0.1, 0.15) is 89.9 Å². The molecule has 0 aliphatic rings. The average Bonchev–Trinajstić information content (AvgIpc) is 2.47. The molecular formula is C18H30N2. The highest BCUT2D eigenvalue weighted by Crippen LogP contribution is 2.12. The molecule has 2 heteroatoms. The highest BCUT2D eigenvalue weighted by atomic mass is 14.2. The summed E-state index contributed by atoms with van der Waals surface area (Å²) in [4.78, 5) is 0. The molecular weight excluding hydrogens is 244 g/mol. The van der Waals surface area contributed by atoms with E-state index in [1.807, 2.05) is 12.1 Å². The highest BCUT2D eigenvalue weighted by molar-refractivity contribution is 5.01. The lowest BCUT2D eigenvalue weighted by atomic mass is 10.0. The Morgan fingerprint density at radius 3 is 1.50 bits per heavy atom. The molecule has 0 saturated heterocycles. The first-order chi connectivity index (χ1) is 9.91. The van der Waals surface area contributed by atoms with Gasteiger partial charge in [-0.3, -0.25) is 0 Å². The van der Waals surface area contributed by atoms with Crippen molar-refractivity contribution in [3.05, 3.63) is 12.2 Å². The molecule has 20 heavy (non-hydrogen) atoms. The molecule has 0 aromatic carbocycles. The van der Waals surface area contributed by atoms with Gasteiger partial charge in [0, 0.05) is 12.5 Å². The van der Waals surface area contributed by atoms with Crippen LogP contribution in [0.15, 0.2) is 12.2 Å². The minimum Gasteiger partial charge on any atom is -0.198 e. The quantitative estimate of drug-likeness (QED) is 0.286. The van der Waals surface area contributed by atoms with Gasteiger partial charge in [-0.25, -0.2) is 0 Å². The van der Waals surface area contributed by atoms with Crippen molar-refractivity contribution in [1.82, 2.24) is 0 Å². The molecule has 112 valence electrons. The largest absolute Gasteiger partial charge is 0.198 e. The minimum absolute atomic E-state index is 0.728. The first-order valence-electron chi connectivity index (χ1n) is 8.33. The van der Waals surface area contributed by atoms with Crippen molar-refractivity contribution in [2.24, 2.45) is 0 Å². The maximum atomic E-state index is 8.42. The van der Waals surface area contributed by atoms with Crippen LogP contribution in [0.2, 0.25) is 0 Å². The highest BCUT2D eigenvalue weighted by Gasteiger charge is 1.93. The topological polar surface area (TPSA) is 47.6 Å². The molecule has 0 aromatic heterocycles. The molecule has 0 aliphatic heterocycles. The smallest absolute Gasteiger partial charge is 0.0908 e. The van der Waals surface area contributed by atoms with Crippen molar-refractivity contribution in [3.63, 3.8) is 0 Å². The van der Waals surface area contributed by atoms with Gasteiger partial charge in [0.2, 0.25) is 0 Å². The van der Waals surface area contributed by atoms with Crippen molar-refractivity contribution >= 4 is 0 Å². The van der Waals surface area contributed by atoms with Crippen molar-refractivity contribution in [2.75, 3.05) is 0 Å². The summed E-state index contributed by atoms with van der Waals surface area (Å²) in [6.45, 7) is 0. The van der Waals surface area contributed by atoms with Gasteiger partial charge in [-0.05, 0) is 19.3 Å². The first kappa shape index (κ1) is 18.7. The summed E-state index contributed by atoms with van der Waals surface area (Å²) in [5.41, 5.74) is 0. The van der Waals surface area contributed by atoms with Crippen LogP contribution >= 0.6 is 0 Å². The Labute approximate surface area is 125 Å². The first-order valence-corrected chi connectivity index (χ1v) is 8.33. The summed E-state index contributed by atoms with van der Waals surface area (Å²) in [6, 6.07) is 4.22. The number of rotatable bonds is 14. The zero-order valence-electron chi connectivity index (χ0n) is 12.9. The molecule has 0 N–H and O–H groups in total. The van der Waals surface area contributed by atoms with E-state index in [1.165, 1.54) is 70.6 Å². The number of unbranched alkanes of at least 4 members (excludes halogenated alkanes) is 13. The number of hydrogen-bond donors (Lipinski definition) is 0. The Morgan fingerprint density at radius 1 is 0.600 bits per heavy atom. The van der Waals surface area contributed by atoms with E-state index in [0.717, 1.165) is 19.3 Å². The summed E-state index contributed by atoms with van der Waals surface area (Å²) in [7, 11) is 0. The Balaban J connectivity index is 2.98. The lowest BCUT2D eigenvalue weighted by Gasteiger charge is -2.02. The molecule has 0 bridgehead atoms. The van der Waals surface area contributed by atoms with Gasteiger partial charge in [-0.1, -0.05) is 70.3 Å². The van der Waals surface area contributed by atoms with Gasteiger partial charge < -0.3 is 0 Å². The summed E-state index contributed by atoms with van der Waals surface area (Å²) < 4.78 is 0. The molecule has 0 heterocycles. The lowest BCUT2D eigenvalue weighted by Crippen LogP contribution is -1.82. The molecule has 0 amide bonds. The zero-order chi connectivity index (χ0) is 14.7. The van der Waals surface area contributed by atoms with Crippen molar-refractivity contribution in [1.29, 1.82) is 10.5 Å². The summed E-state index contributed by atoms with van der Waals surface area (Å²) >= 11 is 0. The van der Waals surface area contributed by atoms with Gasteiger partial charge in [0.25, 0.3) is 0 Å². The van der Waals surface area contributed by atoms with Gasteiger partial charge in [-0.2, -0.15) is 10.5 Å². The van der Waals surface area contributed by atoms with E-state index in [2.05, 4.69) is 6.07 Å². The summed E-state index contributed by atoms with van der Waals surface area (Å²) in [5.74, 6) is 0. The summed E-state index contributed by atoms with van der Waals surface area (Å²) in [6.07, 6.45) is 21.0. The van der Waals surface area contributed by atoms with Gasteiger partial charge >= 0.3 is 0 Å². The molecule has 2 nitrogen and oxygen atoms in total. The fraction of sp³-hybridized carbons (Fsp3) is 0.778. The van der Waals surface area contributed by atoms with E-state index in [0.29, 0.717) is 0 Å². The Bertz CT molecular complexity index is 294. The molecule has 0 fully saturated rings. The van der Waals surface area contributed by atoms with E-state index in [1.54, 1.807) is 6.08 Å². The van der Waals surface area contributed by atoms with E-state index in [4.69, 9.17) is 10.5 Å². The number of nitrogens with zero attached hydrogens (tertiary/aromatic N) is 2. The third kappa shape index (κ3) is 16.7. The fourth-order valence-electron chi connectivity index (χ4n) is 2.37. The molecule has 0 aliphatic carbocycles. The van der Waals surface area contributed by atoms with Crippen LogP contribution in [0.5, 0.6) is 0 Å². The Kier molecular flexibility index (Phi) is 16.6. The van der Waals surface area contributed by atoms with E-state index in [9.17, 15) is 0 Å². The Morgan fingerprint density at radius 2 is 1.05 bits per heavy atom. The second kappa shape index (κ2) is 17.7. The van der Waals surface area contributed by atoms with E-state index in [-0.39, 0.29) is 0 Å². The standard InChI is InChI=1S/C18H30N2/c19-17-15-13-11-9-7-5-3-1-2-4-6-8-10-12-14-16-18-20/h13,15H,1-12,14,16H2. The third-order valence-corrected chi connectivity index (χ3v) is 3.60. The van der Waals surface area contributed by atoms with Crippen LogP contribution in [-0.4, -0.2) is 0 Å². The zero-order valence-corrected chi connectivity index (χ0v) is 12.9. The molecule has 0 aromatic rings. The molecule has 0 radical (unpaired) electrons. The van der Waals surface area contributed by atoms with Crippen molar-refractivity contribution in [2.45, 2.75) is 89.9 Å². The van der Waals surface area contributed by atoms with Gasteiger partial charge in [0.1, 0.15) is 0 Å².